The molecule has 31 heavy (non-hydrogen) atoms. The van der Waals surface area contributed by atoms with E-state index in [-0.39, 0.29) is 23.8 Å². The average Bonchev–Trinajstić information content (AvgIpc) is 3.14. The van der Waals surface area contributed by atoms with Crippen molar-refractivity contribution in [2.75, 3.05) is 32.1 Å². The van der Waals surface area contributed by atoms with Crippen LogP contribution in [0.2, 0.25) is 0 Å². The van der Waals surface area contributed by atoms with Crippen molar-refractivity contribution in [3.05, 3.63) is 71.8 Å². The minimum absolute atomic E-state index is 0. The van der Waals surface area contributed by atoms with Crippen LogP contribution < -0.4 is 4.90 Å². The summed E-state index contributed by atoms with van der Waals surface area (Å²) in [6, 6.07) is 15.4. The SMILES string of the molecule is CN(C)CCCN(C(=O)c1ccc2ccccc2c1)c1nc2c(F)cc(F)cc2s1.Cl. The van der Waals surface area contributed by atoms with E-state index >= 15 is 0 Å². The Morgan fingerprint density at radius 1 is 1.00 bits per heavy atom. The van der Waals surface area contributed by atoms with Gasteiger partial charge >= 0.3 is 0 Å². The second kappa shape index (κ2) is 9.68. The Morgan fingerprint density at radius 2 is 1.74 bits per heavy atom. The van der Waals surface area contributed by atoms with Crippen molar-refractivity contribution >= 4 is 55.8 Å². The summed E-state index contributed by atoms with van der Waals surface area (Å²) in [6.45, 7) is 1.21. The highest BCUT2D eigenvalue weighted by atomic mass is 35.5. The van der Waals surface area contributed by atoms with Gasteiger partial charge in [-0.25, -0.2) is 13.8 Å². The van der Waals surface area contributed by atoms with Crippen molar-refractivity contribution in [1.29, 1.82) is 0 Å². The first-order valence-electron chi connectivity index (χ1n) is 9.63. The normalized spacial score (nSPS) is 11.1. The van der Waals surface area contributed by atoms with E-state index in [1.807, 2.05) is 55.4 Å². The largest absolute Gasteiger partial charge is 0.309 e. The molecule has 0 aliphatic rings. The molecule has 1 heterocycles. The summed E-state index contributed by atoms with van der Waals surface area (Å²) >= 11 is 1.12. The molecule has 0 N–H and O–H groups in total. The van der Waals surface area contributed by atoms with Crippen molar-refractivity contribution in [2.24, 2.45) is 0 Å². The van der Waals surface area contributed by atoms with E-state index in [2.05, 4.69) is 4.98 Å². The van der Waals surface area contributed by atoms with Crippen molar-refractivity contribution in [1.82, 2.24) is 9.88 Å². The Labute approximate surface area is 189 Å². The van der Waals surface area contributed by atoms with Crippen molar-refractivity contribution < 1.29 is 13.6 Å². The molecule has 0 radical (unpaired) electrons. The molecule has 3 aromatic carbocycles. The smallest absolute Gasteiger partial charge is 0.260 e. The highest BCUT2D eigenvalue weighted by Crippen LogP contribution is 2.32. The minimum Gasteiger partial charge on any atom is -0.309 e. The topological polar surface area (TPSA) is 36.4 Å². The van der Waals surface area contributed by atoms with Crippen LogP contribution in [0.25, 0.3) is 21.0 Å². The third-order valence-electron chi connectivity index (χ3n) is 4.86. The van der Waals surface area contributed by atoms with Crippen LogP contribution >= 0.6 is 23.7 Å². The number of rotatable bonds is 6. The number of anilines is 1. The number of aromatic nitrogens is 1. The zero-order valence-corrected chi connectivity index (χ0v) is 18.8. The Hall–Kier alpha value is -2.61. The number of hydrogen-bond donors (Lipinski definition) is 0. The molecule has 0 unspecified atom stereocenters. The summed E-state index contributed by atoms with van der Waals surface area (Å²) in [5.41, 5.74) is 0.616. The molecule has 0 saturated carbocycles. The fourth-order valence-electron chi connectivity index (χ4n) is 3.37. The molecule has 0 fully saturated rings. The summed E-state index contributed by atoms with van der Waals surface area (Å²) in [5.74, 6) is -1.59. The quantitative estimate of drug-likeness (QED) is 0.367. The highest BCUT2D eigenvalue weighted by molar-refractivity contribution is 7.22. The molecule has 4 rings (SSSR count). The van der Waals surface area contributed by atoms with Crippen LogP contribution in [0.1, 0.15) is 16.8 Å². The molecule has 0 bridgehead atoms. The number of thiazole rings is 1. The van der Waals surface area contributed by atoms with Crippen LogP contribution in [0.15, 0.2) is 54.6 Å². The first-order chi connectivity index (χ1) is 14.4. The van der Waals surface area contributed by atoms with Gasteiger partial charge in [-0.15, -0.1) is 12.4 Å². The van der Waals surface area contributed by atoms with Gasteiger partial charge < -0.3 is 4.90 Å². The molecule has 162 valence electrons. The lowest BCUT2D eigenvalue weighted by molar-refractivity contribution is 0.0986. The highest BCUT2D eigenvalue weighted by Gasteiger charge is 2.22. The van der Waals surface area contributed by atoms with Gasteiger partial charge in [0.05, 0.1) is 4.70 Å². The third kappa shape index (κ3) is 5.01. The second-order valence-electron chi connectivity index (χ2n) is 7.41. The number of fused-ring (bicyclic) bond motifs is 2. The van der Waals surface area contributed by atoms with Gasteiger partial charge in [-0.1, -0.05) is 41.7 Å². The lowest BCUT2D eigenvalue weighted by Gasteiger charge is -2.21. The maximum Gasteiger partial charge on any atom is 0.260 e. The Bertz CT molecular complexity index is 1230. The van der Waals surface area contributed by atoms with Crippen LogP contribution in [-0.2, 0) is 0 Å². The Kier molecular flexibility index (Phi) is 7.20. The van der Waals surface area contributed by atoms with Crippen molar-refractivity contribution in [2.45, 2.75) is 6.42 Å². The molecule has 8 heteroatoms. The van der Waals surface area contributed by atoms with E-state index < -0.39 is 11.6 Å². The fourth-order valence-corrected chi connectivity index (χ4v) is 4.40. The van der Waals surface area contributed by atoms with Gasteiger partial charge in [0.25, 0.3) is 5.91 Å². The Balaban J connectivity index is 0.00000272. The molecule has 0 aliphatic carbocycles. The number of hydrogen-bond acceptors (Lipinski definition) is 4. The number of carbonyl (C=O) groups is 1. The van der Waals surface area contributed by atoms with Gasteiger partial charge in [-0.3, -0.25) is 9.69 Å². The zero-order valence-electron chi connectivity index (χ0n) is 17.1. The average molecular weight is 462 g/mol. The molecule has 0 spiro atoms. The van der Waals surface area contributed by atoms with Gasteiger partial charge in [-0.05, 0) is 56.0 Å². The first-order valence-corrected chi connectivity index (χ1v) is 10.4. The van der Waals surface area contributed by atoms with E-state index in [0.29, 0.717) is 21.9 Å². The predicted molar refractivity (Wildman–Crippen MR) is 126 cm³/mol. The van der Waals surface area contributed by atoms with Gasteiger partial charge in [0.1, 0.15) is 11.3 Å². The summed E-state index contributed by atoms with van der Waals surface area (Å²) in [4.78, 5) is 21.3. The molecule has 0 atom stereocenters. The van der Waals surface area contributed by atoms with Crippen LogP contribution in [0, 0.1) is 11.6 Å². The van der Waals surface area contributed by atoms with Crippen LogP contribution in [0.4, 0.5) is 13.9 Å². The maximum atomic E-state index is 14.2. The van der Waals surface area contributed by atoms with Crippen molar-refractivity contribution in [3.8, 4) is 0 Å². The number of halogens is 3. The molecule has 1 amide bonds. The minimum atomic E-state index is -0.723. The predicted octanol–water partition coefficient (Wildman–Crippen LogP) is 5.75. The van der Waals surface area contributed by atoms with Crippen LogP contribution in [-0.4, -0.2) is 43.0 Å². The van der Waals surface area contributed by atoms with Gasteiger partial charge in [0.2, 0.25) is 0 Å². The molecule has 1 aromatic heterocycles. The lowest BCUT2D eigenvalue weighted by Crippen LogP contribution is -2.33. The second-order valence-corrected chi connectivity index (χ2v) is 8.42. The van der Waals surface area contributed by atoms with Crippen LogP contribution in [0.5, 0.6) is 0 Å². The zero-order chi connectivity index (χ0) is 21.3. The van der Waals surface area contributed by atoms with Crippen LogP contribution in [0.3, 0.4) is 0 Å². The van der Waals surface area contributed by atoms with E-state index in [4.69, 9.17) is 0 Å². The summed E-state index contributed by atoms with van der Waals surface area (Å²) in [7, 11) is 3.93. The monoisotopic (exact) mass is 461 g/mol. The van der Waals surface area contributed by atoms with Gasteiger partial charge in [-0.2, -0.15) is 0 Å². The molecule has 4 nitrogen and oxygen atoms in total. The molecule has 0 saturated heterocycles. The lowest BCUT2D eigenvalue weighted by atomic mass is 10.1. The number of amides is 1. The fraction of sp³-hybridized carbons (Fsp3) is 0.217. The molecular formula is C23H22ClF2N3OS. The summed E-state index contributed by atoms with van der Waals surface area (Å²) in [6.07, 6.45) is 0.721. The maximum absolute atomic E-state index is 14.2. The Morgan fingerprint density at radius 3 is 2.48 bits per heavy atom. The standard InChI is InChI=1S/C23H21F2N3OS.ClH/c1-27(2)10-5-11-28(23-26-21-19(25)13-18(24)14-20(21)30-23)22(29)17-9-8-15-6-3-4-7-16(15)12-17;/h3-4,6-9,12-14H,5,10-11H2,1-2H3;1H. The van der Waals surface area contributed by atoms with E-state index in [1.54, 1.807) is 11.0 Å². The molecule has 0 aliphatic heterocycles. The van der Waals surface area contributed by atoms with Crippen molar-refractivity contribution in [3.63, 3.8) is 0 Å². The van der Waals surface area contributed by atoms with Gasteiger partial charge in [0.15, 0.2) is 10.9 Å². The summed E-state index contributed by atoms with van der Waals surface area (Å²) in [5, 5.41) is 2.38. The number of carbonyl (C=O) groups excluding carboxylic acids is 1. The number of nitrogens with zero attached hydrogens (tertiary/aromatic N) is 3. The van der Waals surface area contributed by atoms with E-state index in [0.717, 1.165) is 41.1 Å². The van der Waals surface area contributed by atoms with E-state index in [9.17, 15) is 13.6 Å². The third-order valence-corrected chi connectivity index (χ3v) is 5.89. The first kappa shape index (κ1) is 23.1. The molecule has 4 aromatic rings. The summed E-state index contributed by atoms with van der Waals surface area (Å²) < 4.78 is 28.2. The van der Waals surface area contributed by atoms with E-state index in [1.165, 1.54) is 6.07 Å². The van der Waals surface area contributed by atoms with Gasteiger partial charge in [0, 0.05) is 18.2 Å². The molecular weight excluding hydrogens is 440 g/mol. The number of benzene rings is 3.